The van der Waals surface area contributed by atoms with Gasteiger partial charge in [0.1, 0.15) is 24.2 Å². The third-order valence-corrected chi connectivity index (χ3v) is 13.0. The molecule has 260 valence electrons. The fraction of sp³-hybridized carbons (Fsp3) is 0.471. The average molecular weight is 701 g/mol. The summed E-state index contributed by atoms with van der Waals surface area (Å²) in [5, 5.41) is 13.8. The standard InChI is InChI=1S/C34H44N4O8S2/c1-36-47(40,41)29-5-3-4-28(18-29)45-23-27(39)21-37-26-20-33(46-22-26)14-16-38(17-15-33)48(42,43)30-10-11-32(44-2)31(19-30)24-6-8-25(9-7-24)34(35)12-13-34/h3-11,18-19,26-27,36-37,39H,12-17,20-23,35H2,1-2H3/t26-,27?/m0/s1. The molecule has 1 saturated carbocycles. The lowest BCUT2D eigenvalue weighted by Gasteiger charge is -2.38. The van der Waals surface area contributed by atoms with Gasteiger partial charge in [-0.1, -0.05) is 30.3 Å². The van der Waals surface area contributed by atoms with Gasteiger partial charge in [-0.3, -0.25) is 0 Å². The number of sulfonamides is 2. The zero-order chi connectivity index (χ0) is 34.2. The van der Waals surface area contributed by atoms with Crippen LogP contribution < -0.4 is 25.2 Å². The van der Waals surface area contributed by atoms with Gasteiger partial charge in [-0.15, -0.1) is 0 Å². The van der Waals surface area contributed by atoms with E-state index in [-0.39, 0.29) is 34.5 Å². The van der Waals surface area contributed by atoms with E-state index in [2.05, 4.69) is 10.0 Å². The number of hydrogen-bond acceptors (Lipinski definition) is 10. The molecule has 0 radical (unpaired) electrons. The largest absolute Gasteiger partial charge is 0.496 e. The van der Waals surface area contributed by atoms with Crippen LogP contribution >= 0.6 is 0 Å². The van der Waals surface area contributed by atoms with Crippen LogP contribution in [-0.4, -0.2) is 91.0 Å². The Labute approximate surface area is 282 Å². The topological polar surface area (TPSA) is 170 Å². The highest BCUT2D eigenvalue weighted by Crippen LogP contribution is 2.44. The lowest BCUT2D eigenvalue weighted by Crippen LogP contribution is -2.47. The number of ether oxygens (including phenoxy) is 3. The molecule has 0 amide bonds. The molecule has 1 spiro atoms. The van der Waals surface area contributed by atoms with Crippen LogP contribution in [0.5, 0.6) is 11.5 Å². The Morgan fingerprint density at radius 3 is 2.40 bits per heavy atom. The molecule has 2 heterocycles. The SMILES string of the molecule is CNS(=O)(=O)c1cccc(OCC(O)CN[C@@H]2COC3(CCN(S(=O)(=O)c4ccc(OC)c(-c5ccc(C6(N)CC6)cc5)c4)CC3)C2)c1. The van der Waals surface area contributed by atoms with E-state index in [0.717, 1.165) is 24.0 Å². The molecule has 14 heteroatoms. The minimum absolute atomic E-state index is 0.00324. The molecule has 2 aliphatic heterocycles. The van der Waals surface area contributed by atoms with Crippen molar-refractivity contribution in [2.24, 2.45) is 5.73 Å². The van der Waals surface area contributed by atoms with Gasteiger partial charge in [0.15, 0.2) is 0 Å². The van der Waals surface area contributed by atoms with Crippen LogP contribution in [0.2, 0.25) is 0 Å². The third-order valence-electron chi connectivity index (χ3n) is 9.68. The first-order valence-electron chi connectivity index (χ1n) is 16.2. The number of nitrogens with two attached hydrogens (primary N) is 1. The van der Waals surface area contributed by atoms with E-state index in [1.54, 1.807) is 37.4 Å². The Morgan fingerprint density at radius 2 is 1.73 bits per heavy atom. The molecule has 0 aromatic heterocycles. The Balaban J connectivity index is 1.01. The van der Waals surface area contributed by atoms with Gasteiger partial charge in [-0.05, 0) is 80.6 Å². The van der Waals surface area contributed by atoms with Crippen LogP contribution in [0.3, 0.4) is 0 Å². The first-order valence-corrected chi connectivity index (χ1v) is 19.1. The molecule has 3 aromatic carbocycles. The van der Waals surface area contributed by atoms with Gasteiger partial charge in [0.05, 0.1) is 29.1 Å². The summed E-state index contributed by atoms with van der Waals surface area (Å²) in [6, 6.07) is 19.0. The summed E-state index contributed by atoms with van der Waals surface area (Å²) in [5.74, 6) is 0.936. The predicted molar refractivity (Wildman–Crippen MR) is 181 cm³/mol. The molecule has 6 rings (SSSR count). The van der Waals surface area contributed by atoms with Crippen LogP contribution in [-0.2, 0) is 30.3 Å². The van der Waals surface area contributed by atoms with Crippen LogP contribution in [0.1, 0.15) is 37.7 Å². The highest BCUT2D eigenvalue weighted by atomic mass is 32.2. The number of benzene rings is 3. The summed E-state index contributed by atoms with van der Waals surface area (Å²) in [4.78, 5) is 0.297. The number of nitrogens with one attached hydrogen (secondary N) is 2. The summed E-state index contributed by atoms with van der Waals surface area (Å²) in [6.45, 7) is 1.37. The second kappa shape index (κ2) is 13.7. The number of piperidine rings is 1. The van der Waals surface area contributed by atoms with E-state index in [0.29, 0.717) is 56.0 Å². The molecule has 3 aromatic rings. The van der Waals surface area contributed by atoms with Gasteiger partial charge in [0.2, 0.25) is 20.0 Å². The highest BCUT2D eigenvalue weighted by molar-refractivity contribution is 7.89. The minimum atomic E-state index is -3.76. The monoisotopic (exact) mass is 700 g/mol. The van der Waals surface area contributed by atoms with Crippen molar-refractivity contribution in [3.05, 3.63) is 72.3 Å². The quantitative estimate of drug-likeness (QED) is 0.208. The second-order valence-corrected chi connectivity index (χ2v) is 16.8. The third kappa shape index (κ3) is 7.41. The van der Waals surface area contributed by atoms with Gasteiger partial charge >= 0.3 is 0 Å². The Kier molecular flexibility index (Phi) is 9.91. The van der Waals surface area contributed by atoms with Gasteiger partial charge in [-0.25, -0.2) is 21.6 Å². The van der Waals surface area contributed by atoms with Crippen LogP contribution in [0.25, 0.3) is 11.1 Å². The summed E-state index contributed by atoms with van der Waals surface area (Å²) < 4.78 is 72.9. The van der Waals surface area contributed by atoms with Crippen molar-refractivity contribution >= 4 is 20.0 Å². The Morgan fingerprint density at radius 1 is 1.00 bits per heavy atom. The summed E-state index contributed by atoms with van der Waals surface area (Å²) >= 11 is 0. The first-order chi connectivity index (χ1) is 22.9. The van der Waals surface area contributed by atoms with Crippen molar-refractivity contribution in [2.45, 2.75) is 65.2 Å². The fourth-order valence-electron chi connectivity index (χ4n) is 6.49. The number of hydrogen-bond donors (Lipinski definition) is 4. The van der Waals surface area contributed by atoms with E-state index >= 15 is 0 Å². The number of aliphatic hydroxyl groups excluding tert-OH is 1. The maximum absolute atomic E-state index is 13.8. The summed E-state index contributed by atoms with van der Waals surface area (Å²) in [6.07, 6.45) is 2.92. The molecule has 0 bridgehead atoms. The average Bonchev–Trinajstić information content (AvgIpc) is 3.74. The summed E-state index contributed by atoms with van der Waals surface area (Å²) in [7, 11) is -4.45. The maximum atomic E-state index is 13.8. The molecule has 1 unspecified atom stereocenters. The molecule has 3 aliphatic rings. The smallest absolute Gasteiger partial charge is 0.243 e. The molecule has 2 atom stereocenters. The van der Waals surface area contributed by atoms with Crippen molar-refractivity contribution in [2.75, 3.05) is 47.0 Å². The first kappa shape index (κ1) is 34.8. The second-order valence-electron chi connectivity index (χ2n) is 13.0. The van der Waals surface area contributed by atoms with E-state index in [9.17, 15) is 21.9 Å². The van der Waals surface area contributed by atoms with Crippen molar-refractivity contribution in [3.8, 4) is 22.6 Å². The lowest BCUT2D eigenvalue weighted by molar-refractivity contribution is -0.0312. The van der Waals surface area contributed by atoms with Crippen LogP contribution in [0.4, 0.5) is 0 Å². The van der Waals surface area contributed by atoms with E-state index in [1.165, 1.54) is 23.5 Å². The van der Waals surface area contributed by atoms with Gasteiger partial charge < -0.3 is 30.4 Å². The van der Waals surface area contributed by atoms with Crippen molar-refractivity contribution in [1.82, 2.24) is 14.3 Å². The molecule has 1 aliphatic carbocycles. The number of methoxy groups -OCH3 is 1. The van der Waals surface area contributed by atoms with Crippen molar-refractivity contribution in [3.63, 3.8) is 0 Å². The van der Waals surface area contributed by atoms with E-state index in [1.807, 2.05) is 24.3 Å². The van der Waals surface area contributed by atoms with Crippen molar-refractivity contribution < 1.29 is 36.2 Å². The number of nitrogens with zero attached hydrogens (tertiary/aromatic N) is 1. The number of aliphatic hydroxyl groups is 1. The normalized spacial score (nSPS) is 21.2. The van der Waals surface area contributed by atoms with Gasteiger partial charge in [0, 0.05) is 42.8 Å². The summed E-state index contributed by atoms with van der Waals surface area (Å²) in [5.41, 5.74) is 8.32. The molecule has 12 nitrogen and oxygen atoms in total. The molecule has 2 saturated heterocycles. The van der Waals surface area contributed by atoms with E-state index < -0.39 is 31.8 Å². The van der Waals surface area contributed by atoms with Crippen molar-refractivity contribution in [1.29, 1.82) is 0 Å². The molecule has 48 heavy (non-hydrogen) atoms. The minimum Gasteiger partial charge on any atom is -0.496 e. The van der Waals surface area contributed by atoms with Gasteiger partial charge in [0.25, 0.3) is 0 Å². The fourth-order valence-corrected chi connectivity index (χ4v) is 8.72. The molecule has 3 fully saturated rings. The van der Waals surface area contributed by atoms with Crippen LogP contribution in [0.15, 0.2) is 76.5 Å². The predicted octanol–water partition coefficient (Wildman–Crippen LogP) is 2.56. The Hall–Kier alpha value is -3.08. The Bertz CT molecular complexity index is 1820. The lowest BCUT2D eigenvalue weighted by atomic mass is 9.88. The van der Waals surface area contributed by atoms with Gasteiger partial charge in [-0.2, -0.15) is 4.31 Å². The van der Waals surface area contributed by atoms with E-state index in [4.69, 9.17) is 19.9 Å². The number of rotatable bonds is 13. The molecule has 5 N–H and O–H groups in total. The zero-order valence-corrected chi connectivity index (χ0v) is 28.9. The molecular weight excluding hydrogens is 657 g/mol. The zero-order valence-electron chi connectivity index (χ0n) is 27.2. The highest BCUT2D eigenvalue weighted by Gasteiger charge is 2.45. The van der Waals surface area contributed by atoms with Crippen LogP contribution in [0, 0.1) is 0 Å². The maximum Gasteiger partial charge on any atom is 0.243 e. The molecular formula is C34H44N4O8S2.